The lowest BCUT2D eigenvalue weighted by molar-refractivity contribution is 1.08. The van der Waals surface area contributed by atoms with Crippen molar-refractivity contribution in [2.75, 3.05) is 0 Å². The summed E-state index contributed by atoms with van der Waals surface area (Å²) < 4.78 is 4.80. The van der Waals surface area contributed by atoms with Crippen LogP contribution in [-0.4, -0.2) is 19.5 Å². The summed E-state index contributed by atoms with van der Waals surface area (Å²) in [5, 5.41) is 9.76. The normalized spacial score (nSPS) is 11.8. The van der Waals surface area contributed by atoms with Gasteiger partial charge in [-0.2, -0.15) is 0 Å². The Hall–Kier alpha value is -6.69. The van der Waals surface area contributed by atoms with Gasteiger partial charge in [-0.05, 0) is 82.2 Å². The van der Waals surface area contributed by atoms with Gasteiger partial charge in [0.1, 0.15) is 0 Å². The van der Waals surface area contributed by atoms with E-state index in [1.807, 2.05) is 0 Å². The predicted octanol–water partition coefficient (Wildman–Crippen LogP) is 12.6. The molecule has 11 rings (SSSR count). The smallest absolute Gasteiger partial charge is 0.165 e. The molecule has 4 nitrogen and oxygen atoms in total. The maximum atomic E-state index is 5.19. The molecule has 3 aromatic heterocycles. The third-order valence-corrected chi connectivity index (χ3v) is 11.4. The molecule has 0 atom stereocenters. The van der Waals surface area contributed by atoms with Crippen LogP contribution in [0.2, 0.25) is 0 Å². The second-order valence-corrected chi connectivity index (χ2v) is 14.3. The highest BCUT2D eigenvalue weighted by Crippen LogP contribution is 2.40. The number of para-hydroxylation sites is 1. The summed E-state index contributed by atoms with van der Waals surface area (Å²) in [5.41, 5.74) is 6.36. The highest BCUT2D eigenvalue weighted by atomic mass is 32.1. The minimum absolute atomic E-state index is 0.644. The fraction of sp³-hybridized carbons (Fsp3) is 0. The largest absolute Gasteiger partial charge is 0.309 e. The van der Waals surface area contributed by atoms with Crippen molar-refractivity contribution < 1.29 is 0 Å². The summed E-state index contributed by atoms with van der Waals surface area (Å²) in [6, 6.07) is 60.4. The fourth-order valence-electron chi connectivity index (χ4n) is 7.70. The molecule has 0 bridgehead atoms. The standard InChI is InChI=1S/C47H28N4S/c1-2-11-31-26-34(21-20-29(31)10-1)46-48-45(49-47(50-46)39-17-9-16-38-37-15-6-8-19-43(37)52-44(38)39)30-22-24-35(25-23-30)51-41-18-7-5-14-36(41)40-27-32-12-3-4-13-33(32)28-42(40)51/h1-28H. The van der Waals surface area contributed by atoms with Crippen molar-refractivity contribution in [3.63, 3.8) is 0 Å². The van der Waals surface area contributed by atoms with Crippen LogP contribution in [0.5, 0.6) is 0 Å². The van der Waals surface area contributed by atoms with Crippen LogP contribution in [0.3, 0.4) is 0 Å². The van der Waals surface area contributed by atoms with E-state index in [-0.39, 0.29) is 0 Å². The molecule has 3 heterocycles. The van der Waals surface area contributed by atoms with E-state index in [0.717, 1.165) is 27.8 Å². The number of rotatable bonds is 4. The molecule has 0 saturated carbocycles. The number of hydrogen-bond donors (Lipinski definition) is 0. The van der Waals surface area contributed by atoms with E-state index in [0.29, 0.717) is 17.5 Å². The first-order chi connectivity index (χ1) is 25.7. The molecule has 0 fully saturated rings. The average molecular weight is 681 g/mol. The number of nitrogens with zero attached hydrogens (tertiary/aromatic N) is 4. The average Bonchev–Trinajstić information content (AvgIpc) is 3.75. The van der Waals surface area contributed by atoms with E-state index >= 15 is 0 Å². The molecule has 11 aromatic rings. The summed E-state index contributed by atoms with van der Waals surface area (Å²) in [4.78, 5) is 15.5. The lowest BCUT2D eigenvalue weighted by Gasteiger charge is -2.11. The maximum Gasteiger partial charge on any atom is 0.165 e. The van der Waals surface area contributed by atoms with Gasteiger partial charge in [-0.1, -0.05) is 109 Å². The first-order valence-electron chi connectivity index (χ1n) is 17.4. The van der Waals surface area contributed by atoms with Gasteiger partial charge in [-0.15, -0.1) is 11.3 Å². The molecule has 0 unspecified atom stereocenters. The molecule has 0 spiro atoms. The van der Waals surface area contributed by atoms with Gasteiger partial charge < -0.3 is 4.57 Å². The van der Waals surface area contributed by atoms with Crippen LogP contribution >= 0.6 is 11.3 Å². The molecule has 0 N–H and O–H groups in total. The van der Waals surface area contributed by atoms with Crippen LogP contribution in [0, 0.1) is 0 Å². The third-order valence-electron chi connectivity index (χ3n) is 10.2. The molecule has 0 amide bonds. The second kappa shape index (κ2) is 11.4. The number of aromatic nitrogens is 4. The lowest BCUT2D eigenvalue weighted by atomic mass is 10.1. The van der Waals surface area contributed by atoms with Crippen LogP contribution in [0.15, 0.2) is 170 Å². The van der Waals surface area contributed by atoms with Gasteiger partial charge in [0.2, 0.25) is 0 Å². The van der Waals surface area contributed by atoms with Crippen LogP contribution in [0.4, 0.5) is 0 Å². The summed E-state index contributed by atoms with van der Waals surface area (Å²) >= 11 is 1.79. The first-order valence-corrected chi connectivity index (χ1v) is 18.3. The molecule has 0 radical (unpaired) electrons. The zero-order valence-electron chi connectivity index (χ0n) is 27.9. The Morgan fingerprint density at radius 1 is 0.385 bits per heavy atom. The van der Waals surface area contributed by atoms with E-state index < -0.39 is 0 Å². The zero-order chi connectivity index (χ0) is 34.2. The lowest BCUT2D eigenvalue weighted by Crippen LogP contribution is -2.01. The molecule has 0 aliphatic rings. The Bertz CT molecular complexity index is 3190. The van der Waals surface area contributed by atoms with Gasteiger partial charge in [-0.25, -0.2) is 15.0 Å². The summed E-state index contributed by atoms with van der Waals surface area (Å²) in [7, 11) is 0. The Morgan fingerprint density at radius 2 is 1.00 bits per heavy atom. The maximum absolute atomic E-state index is 5.19. The number of thiophene rings is 1. The van der Waals surface area contributed by atoms with Crippen molar-refractivity contribution in [3.05, 3.63) is 170 Å². The van der Waals surface area contributed by atoms with Gasteiger partial charge in [-0.3, -0.25) is 0 Å². The number of benzene rings is 8. The van der Waals surface area contributed by atoms with Crippen LogP contribution in [0.1, 0.15) is 0 Å². The molecule has 5 heteroatoms. The SMILES string of the molecule is c1ccc2cc(-c3nc(-c4ccc(-n5c6ccccc6c6cc7ccccc7cc65)cc4)nc(-c4cccc5c4sc4ccccc45)n3)ccc2c1. The molecular weight excluding hydrogens is 653 g/mol. The Labute approximate surface area is 302 Å². The monoisotopic (exact) mass is 680 g/mol. The summed E-state index contributed by atoms with van der Waals surface area (Å²) in [6.07, 6.45) is 0. The molecule has 8 aromatic carbocycles. The highest BCUT2D eigenvalue weighted by molar-refractivity contribution is 7.26. The molecule has 242 valence electrons. The second-order valence-electron chi connectivity index (χ2n) is 13.3. The van der Waals surface area contributed by atoms with Gasteiger partial charge in [0.15, 0.2) is 17.5 Å². The first kappa shape index (κ1) is 29.1. The van der Waals surface area contributed by atoms with E-state index in [9.17, 15) is 0 Å². The summed E-state index contributed by atoms with van der Waals surface area (Å²) in [5.74, 6) is 1.97. The van der Waals surface area contributed by atoms with Crippen LogP contribution in [-0.2, 0) is 0 Å². The quantitative estimate of drug-likeness (QED) is 0.186. The van der Waals surface area contributed by atoms with Crippen molar-refractivity contribution in [2.24, 2.45) is 0 Å². The number of hydrogen-bond acceptors (Lipinski definition) is 4. The van der Waals surface area contributed by atoms with E-state index in [1.54, 1.807) is 11.3 Å². The van der Waals surface area contributed by atoms with E-state index in [1.165, 1.54) is 58.1 Å². The highest BCUT2D eigenvalue weighted by Gasteiger charge is 2.18. The Morgan fingerprint density at radius 3 is 1.83 bits per heavy atom. The fourth-order valence-corrected chi connectivity index (χ4v) is 8.91. The van der Waals surface area contributed by atoms with Crippen LogP contribution < -0.4 is 0 Å². The van der Waals surface area contributed by atoms with E-state index in [2.05, 4.69) is 174 Å². The topological polar surface area (TPSA) is 43.6 Å². The van der Waals surface area contributed by atoms with Crippen molar-refractivity contribution in [1.29, 1.82) is 0 Å². The van der Waals surface area contributed by atoms with Gasteiger partial charge in [0, 0.05) is 53.3 Å². The molecular formula is C47H28N4S. The van der Waals surface area contributed by atoms with Crippen molar-refractivity contribution in [2.45, 2.75) is 0 Å². The molecule has 0 aliphatic heterocycles. The predicted molar refractivity (Wildman–Crippen MR) is 218 cm³/mol. The molecule has 52 heavy (non-hydrogen) atoms. The van der Waals surface area contributed by atoms with Gasteiger partial charge >= 0.3 is 0 Å². The van der Waals surface area contributed by atoms with Crippen molar-refractivity contribution in [1.82, 2.24) is 19.5 Å². The minimum atomic E-state index is 0.644. The van der Waals surface area contributed by atoms with Crippen molar-refractivity contribution >= 4 is 74.9 Å². The Kier molecular flexibility index (Phi) is 6.39. The minimum Gasteiger partial charge on any atom is -0.309 e. The van der Waals surface area contributed by atoms with Crippen LogP contribution in [0.25, 0.3) is 103 Å². The van der Waals surface area contributed by atoms with Crippen molar-refractivity contribution in [3.8, 4) is 39.9 Å². The van der Waals surface area contributed by atoms with Gasteiger partial charge in [0.05, 0.1) is 11.0 Å². The van der Waals surface area contributed by atoms with Gasteiger partial charge in [0.25, 0.3) is 0 Å². The summed E-state index contributed by atoms with van der Waals surface area (Å²) in [6.45, 7) is 0. The molecule has 0 aliphatic carbocycles. The number of fused-ring (bicyclic) bond motifs is 8. The zero-order valence-corrected chi connectivity index (χ0v) is 28.7. The Balaban J connectivity index is 1.10. The van der Waals surface area contributed by atoms with E-state index in [4.69, 9.17) is 15.0 Å². The molecule has 0 saturated heterocycles. The third kappa shape index (κ3) is 4.57.